The maximum absolute atomic E-state index is 11.5. The van der Waals surface area contributed by atoms with Crippen LogP contribution in [0.4, 0.5) is 0 Å². The van der Waals surface area contributed by atoms with Gasteiger partial charge >= 0.3 is 5.97 Å². The van der Waals surface area contributed by atoms with Crippen molar-refractivity contribution >= 4 is 5.97 Å². The lowest BCUT2D eigenvalue weighted by atomic mass is 10.1. The van der Waals surface area contributed by atoms with Crippen LogP contribution in [0.2, 0.25) is 0 Å². The molecule has 0 spiro atoms. The third kappa shape index (κ3) is 4.53. The van der Waals surface area contributed by atoms with E-state index in [2.05, 4.69) is 6.92 Å². The highest BCUT2D eigenvalue weighted by atomic mass is 16.6. The molecule has 1 heterocycles. The standard InChI is InChI=1S/C12H23NO5/c1-3-4-5-17-10-7-16-6-9(13)12(15)18-8(2)11(10)14/h8-11,14H,3-7,13H2,1-2H3/t8-,9-,10-,11-/m0/s1. The van der Waals surface area contributed by atoms with Crippen LogP contribution >= 0.6 is 0 Å². The fraction of sp³-hybridized carbons (Fsp3) is 0.917. The second-order valence-electron chi connectivity index (χ2n) is 4.54. The third-order valence-electron chi connectivity index (χ3n) is 2.88. The molecule has 1 saturated heterocycles. The van der Waals surface area contributed by atoms with Crippen LogP contribution in [0.25, 0.3) is 0 Å². The number of esters is 1. The molecular formula is C12H23NO5. The first-order valence-corrected chi connectivity index (χ1v) is 6.39. The first kappa shape index (κ1) is 15.4. The lowest BCUT2D eigenvalue weighted by Crippen LogP contribution is -2.43. The number of aliphatic hydroxyl groups excluding tert-OH is 1. The summed E-state index contributed by atoms with van der Waals surface area (Å²) >= 11 is 0. The molecule has 1 aliphatic heterocycles. The topological polar surface area (TPSA) is 91.0 Å². The molecule has 4 atom stereocenters. The van der Waals surface area contributed by atoms with Gasteiger partial charge in [-0.1, -0.05) is 13.3 Å². The van der Waals surface area contributed by atoms with E-state index >= 15 is 0 Å². The van der Waals surface area contributed by atoms with Crippen molar-refractivity contribution in [3.8, 4) is 0 Å². The van der Waals surface area contributed by atoms with Gasteiger partial charge in [-0.2, -0.15) is 0 Å². The summed E-state index contributed by atoms with van der Waals surface area (Å²) in [5.74, 6) is -0.559. The van der Waals surface area contributed by atoms with Crippen molar-refractivity contribution < 1.29 is 24.1 Å². The smallest absolute Gasteiger partial charge is 0.325 e. The van der Waals surface area contributed by atoms with Gasteiger partial charge in [0.15, 0.2) is 0 Å². The van der Waals surface area contributed by atoms with Crippen molar-refractivity contribution in [1.82, 2.24) is 0 Å². The Bertz CT molecular complexity index is 261. The summed E-state index contributed by atoms with van der Waals surface area (Å²) in [6.45, 7) is 4.51. The molecule has 0 amide bonds. The van der Waals surface area contributed by atoms with Crippen molar-refractivity contribution in [2.24, 2.45) is 5.73 Å². The Labute approximate surface area is 107 Å². The predicted octanol–water partition coefficient (Wildman–Crippen LogP) is -0.178. The van der Waals surface area contributed by atoms with Crippen LogP contribution in [-0.4, -0.2) is 55.3 Å². The van der Waals surface area contributed by atoms with Crippen LogP contribution in [0.5, 0.6) is 0 Å². The van der Waals surface area contributed by atoms with Crippen LogP contribution in [0.1, 0.15) is 26.7 Å². The molecule has 1 rings (SSSR count). The molecule has 0 saturated carbocycles. The maximum Gasteiger partial charge on any atom is 0.325 e. The van der Waals surface area contributed by atoms with Gasteiger partial charge in [0.1, 0.15) is 24.4 Å². The zero-order chi connectivity index (χ0) is 13.5. The van der Waals surface area contributed by atoms with E-state index in [4.69, 9.17) is 19.9 Å². The highest BCUT2D eigenvalue weighted by Gasteiger charge is 2.32. The van der Waals surface area contributed by atoms with E-state index in [1.807, 2.05) is 0 Å². The molecule has 0 unspecified atom stereocenters. The van der Waals surface area contributed by atoms with E-state index < -0.39 is 30.3 Å². The summed E-state index contributed by atoms with van der Waals surface area (Å²) < 4.78 is 15.9. The zero-order valence-corrected chi connectivity index (χ0v) is 11.0. The number of rotatable bonds is 4. The highest BCUT2D eigenvalue weighted by Crippen LogP contribution is 2.12. The molecule has 0 radical (unpaired) electrons. The van der Waals surface area contributed by atoms with E-state index in [-0.39, 0.29) is 13.2 Å². The van der Waals surface area contributed by atoms with Gasteiger partial charge in [0.05, 0.1) is 13.2 Å². The van der Waals surface area contributed by atoms with Gasteiger partial charge in [-0.3, -0.25) is 4.79 Å². The normalized spacial score (nSPS) is 34.3. The second kappa shape index (κ2) is 7.68. The number of ether oxygens (including phenoxy) is 3. The molecule has 6 heteroatoms. The summed E-state index contributed by atoms with van der Waals surface area (Å²) in [6, 6.07) is -0.811. The molecule has 0 aromatic rings. The van der Waals surface area contributed by atoms with Gasteiger partial charge in [0, 0.05) is 6.61 Å². The maximum atomic E-state index is 11.5. The molecule has 1 fully saturated rings. The summed E-state index contributed by atoms with van der Waals surface area (Å²) in [4.78, 5) is 11.5. The van der Waals surface area contributed by atoms with Crippen molar-refractivity contribution in [3.63, 3.8) is 0 Å². The van der Waals surface area contributed by atoms with Crippen molar-refractivity contribution in [2.45, 2.75) is 51.0 Å². The van der Waals surface area contributed by atoms with Crippen LogP contribution in [-0.2, 0) is 19.0 Å². The Balaban J connectivity index is 2.58. The SMILES string of the molecule is CCCCO[C@H]1COC[C@H](N)C(=O)O[C@@H](C)[C@@H]1O. The zero-order valence-electron chi connectivity index (χ0n) is 11.0. The lowest BCUT2D eigenvalue weighted by molar-refractivity contribution is -0.160. The van der Waals surface area contributed by atoms with Crippen molar-refractivity contribution in [1.29, 1.82) is 0 Å². The molecular weight excluding hydrogens is 238 g/mol. The Morgan fingerprint density at radius 3 is 2.89 bits per heavy atom. The van der Waals surface area contributed by atoms with E-state index in [9.17, 15) is 9.90 Å². The predicted molar refractivity (Wildman–Crippen MR) is 65.0 cm³/mol. The average Bonchev–Trinajstić information content (AvgIpc) is 2.38. The van der Waals surface area contributed by atoms with Crippen LogP contribution < -0.4 is 5.73 Å². The number of nitrogens with two attached hydrogens (primary N) is 1. The molecule has 0 bridgehead atoms. The Hall–Kier alpha value is -0.690. The summed E-state index contributed by atoms with van der Waals surface area (Å²) in [6.07, 6.45) is -0.131. The minimum Gasteiger partial charge on any atom is -0.459 e. The Kier molecular flexibility index (Phi) is 6.56. The van der Waals surface area contributed by atoms with Crippen LogP contribution in [0.15, 0.2) is 0 Å². The number of hydrogen-bond donors (Lipinski definition) is 2. The summed E-state index contributed by atoms with van der Waals surface area (Å²) in [7, 11) is 0. The highest BCUT2D eigenvalue weighted by molar-refractivity contribution is 5.75. The van der Waals surface area contributed by atoms with Gasteiger partial charge in [-0.05, 0) is 13.3 Å². The Morgan fingerprint density at radius 1 is 1.50 bits per heavy atom. The van der Waals surface area contributed by atoms with Crippen molar-refractivity contribution in [2.75, 3.05) is 19.8 Å². The number of aliphatic hydroxyl groups is 1. The molecule has 1 aliphatic rings. The van der Waals surface area contributed by atoms with Gasteiger partial charge < -0.3 is 25.1 Å². The number of hydrogen-bond acceptors (Lipinski definition) is 6. The lowest BCUT2D eigenvalue weighted by Gasteiger charge is -2.26. The summed E-state index contributed by atoms with van der Waals surface area (Å²) in [5, 5.41) is 10.0. The molecule has 106 valence electrons. The average molecular weight is 261 g/mol. The Morgan fingerprint density at radius 2 is 2.22 bits per heavy atom. The first-order chi connectivity index (χ1) is 8.56. The van der Waals surface area contributed by atoms with Gasteiger partial charge in [-0.25, -0.2) is 0 Å². The number of carbonyl (C=O) groups excluding carboxylic acids is 1. The van der Waals surface area contributed by atoms with E-state index in [0.29, 0.717) is 6.61 Å². The molecule has 18 heavy (non-hydrogen) atoms. The molecule has 0 aromatic carbocycles. The van der Waals surface area contributed by atoms with Gasteiger partial charge in [-0.15, -0.1) is 0 Å². The van der Waals surface area contributed by atoms with Crippen LogP contribution in [0.3, 0.4) is 0 Å². The largest absolute Gasteiger partial charge is 0.459 e. The number of carbonyl (C=O) groups is 1. The molecule has 0 aromatic heterocycles. The van der Waals surface area contributed by atoms with Gasteiger partial charge in [0.2, 0.25) is 0 Å². The number of cyclic esters (lactones) is 1. The first-order valence-electron chi connectivity index (χ1n) is 6.39. The number of unbranched alkanes of at least 4 members (excludes halogenated alkanes) is 1. The molecule has 0 aliphatic carbocycles. The molecule has 3 N–H and O–H groups in total. The van der Waals surface area contributed by atoms with Crippen LogP contribution in [0, 0.1) is 0 Å². The minimum absolute atomic E-state index is 0.0753. The second-order valence-corrected chi connectivity index (χ2v) is 4.54. The fourth-order valence-electron chi connectivity index (χ4n) is 1.65. The quantitative estimate of drug-likeness (QED) is 0.539. The van der Waals surface area contributed by atoms with E-state index in [1.165, 1.54) is 0 Å². The molecule has 6 nitrogen and oxygen atoms in total. The monoisotopic (exact) mass is 261 g/mol. The van der Waals surface area contributed by atoms with Gasteiger partial charge in [0.25, 0.3) is 0 Å². The summed E-state index contributed by atoms with van der Waals surface area (Å²) in [5.41, 5.74) is 5.57. The third-order valence-corrected chi connectivity index (χ3v) is 2.88. The van der Waals surface area contributed by atoms with Crippen molar-refractivity contribution in [3.05, 3.63) is 0 Å². The minimum atomic E-state index is -0.906. The van der Waals surface area contributed by atoms with E-state index in [1.54, 1.807) is 6.92 Å². The fourth-order valence-corrected chi connectivity index (χ4v) is 1.65. The van der Waals surface area contributed by atoms with E-state index in [0.717, 1.165) is 12.8 Å².